The summed E-state index contributed by atoms with van der Waals surface area (Å²) in [6, 6.07) is 12.1. The van der Waals surface area contributed by atoms with Crippen LogP contribution >= 0.6 is 11.3 Å². The summed E-state index contributed by atoms with van der Waals surface area (Å²) < 4.78 is 0. The van der Waals surface area contributed by atoms with Gasteiger partial charge in [-0.1, -0.05) is 30.3 Å². The van der Waals surface area contributed by atoms with Crippen LogP contribution in [0.5, 0.6) is 0 Å². The third-order valence-electron chi connectivity index (χ3n) is 4.46. The van der Waals surface area contributed by atoms with Crippen molar-refractivity contribution in [3.05, 3.63) is 46.7 Å². The predicted molar refractivity (Wildman–Crippen MR) is 92.2 cm³/mol. The summed E-state index contributed by atoms with van der Waals surface area (Å²) in [7, 11) is 0. The van der Waals surface area contributed by atoms with Crippen molar-refractivity contribution in [2.24, 2.45) is 11.7 Å². The first kappa shape index (κ1) is 15.7. The summed E-state index contributed by atoms with van der Waals surface area (Å²) >= 11 is 1.45. The van der Waals surface area contributed by atoms with Crippen molar-refractivity contribution >= 4 is 23.2 Å². The van der Waals surface area contributed by atoms with Crippen molar-refractivity contribution in [2.75, 3.05) is 6.54 Å². The summed E-state index contributed by atoms with van der Waals surface area (Å²) in [5.74, 6) is -0.551. The van der Waals surface area contributed by atoms with Crippen molar-refractivity contribution in [3.8, 4) is 11.1 Å². The van der Waals surface area contributed by atoms with Gasteiger partial charge in [-0.3, -0.25) is 9.59 Å². The lowest BCUT2D eigenvalue weighted by Gasteiger charge is -2.36. The fourth-order valence-electron chi connectivity index (χ4n) is 2.99. The first-order chi connectivity index (χ1) is 11.1. The molecule has 0 saturated carbocycles. The van der Waals surface area contributed by atoms with Crippen molar-refractivity contribution in [2.45, 2.75) is 25.8 Å². The number of primary amides is 1. The molecule has 3 rings (SSSR count). The van der Waals surface area contributed by atoms with E-state index in [-0.39, 0.29) is 23.8 Å². The van der Waals surface area contributed by atoms with Gasteiger partial charge < -0.3 is 10.6 Å². The average molecular weight is 328 g/mol. The highest BCUT2D eigenvalue weighted by Gasteiger charge is 2.32. The van der Waals surface area contributed by atoms with Gasteiger partial charge in [-0.15, -0.1) is 11.3 Å². The fraction of sp³-hybridized carbons (Fsp3) is 0.333. The monoisotopic (exact) mass is 328 g/mol. The number of carbonyl (C=O) groups excluding carboxylic acids is 2. The van der Waals surface area contributed by atoms with E-state index in [1.54, 1.807) is 4.90 Å². The summed E-state index contributed by atoms with van der Waals surface area (Å²) in [6.45, 7) is 2.45. The van der Waals surface area contributed by atoms with Gasteiger partial charge in [0, 0.05) is 12.6 Å². The Balaban J connectivity index is 1.80. The molecule has 1 aromatic heterocycles. The van der Waals surface area contributed by atoms with E-state index in [4.69, 9.17) is 5.73 Å². The van der Waals surface area contributed by atoms with Gasteiger partial charge in [-0.05, 0) is 42.3 Å². The van der Waals surface area contributed by atoms with Crippen LogP contribution in [0.4, 0.5) is 0 Å². The van der Waals surface area contributed by atoms with E-state index in [9.17, 15) is 9.59 Å². The van der Waals surface area contributed by atoms with Crippen molar-refractivity contribution in [1.29, 1.82) is 0 Å². The molecule has 1 aromatic carbocycles. The lowest BCUT2D eigenvalue weighted by Crippen LogP contribution is -2.48. The van der Waals surface area contributed by atoms with Crippen molar-refractivity contribution in [1.82, 2.24) is 4.90 Å². The quantitative estimate of drug-likeness (QED) is 0.941. The number of nitrogens with two attached hydrogens (primary N) is 1. The van der Waals surface area contributed by atoms with Gasteiger partial charge in [-0.2, -0.15) is 0 Å². The molecule has 2 unspecified atom stereocenters. The summed E-state index contributed by atoms with van der Waals surface area (Å²) in [4.78, 5) is 26.7. The Morgan fingerprint density at radius 1 is 1.17 bits per heavy atom. The first-order valence-electron chi connectivity index (χ1n) is 7.80. The molecule has 23 heavy (non-hydrogen) atoms. The Morgan fingerprint density at radius 3 is 2.61 bits per heavy atom. The first-order valence-corrected chi connectivity index (χ1v) is 8.68. The number of nitrogens with zero attached hydrogens (tertiary/aromatic N) is 1. The van der Waals surface area contributed by atoms with Crippen LogP contribution in [0, 0.1) is 5.92 Å². The maximum Gasteiger partial charge on any atom is 0.264 e. The Hall–Kier alpha value is -2.14. The highest BCUT2D eigenvalue weighted by molar-refractivity contribution is 7.12. The number of hydrogen-bond acceptors (Lipinski definition) is 3. The lowest BCUT2D eigenvalue weighted by molar-refractivity contribution is -0.123. The summed E-state index contributed by atoms with van der Waals surface area (Å²) in [5.41, 5.74) is 7.57. The standard InChI is InChI=1S/C18H20N2O2S/c1-12-7-8-14(17(19)21)10-20(12)18(22)16-9-15(11-23-16)13-5-3-2-4-6-13/h2-6,9,11-12,14H,7-8,10H2,1H3,(H2,19,21). The van der Waals surface area contributed by atoms with Gasteiger partial charge in [0.2, 0.25) is 5.91 Å². The van der Waals surface area contributed by atoms with E-state index in [2.05, 4.69) is 0 Å². The highest BCUT2D eigenvalue weighted by Crippen LogP contribution is 2.29. The van der Waals surface area contributed by atoms with Gasteiger partial charge >= 0.3 is 0 Å². The van der Waals surface area contributed by atoms with Gasteiger partial charge in [-0.25, -0.2) is 0 Å². The molecule has 2 atom stereocenters. The average Bonchev–Trinajstić information content (AvgIpc) is 3.05. The number of hydrogen-bond donors (Lipinski definition) is 1. The molecule has 0 bridgehead atoms. The fourth-order valence-corrected chi connectivity index (χ4v) is 3.87. The second kappa shape index (κ2) is 6.54. The Bertz CT molecular complexity index is 711. The smallest absolute Gasteiger partial charge is 0.264 e. The zero-order valence-electron chi connectivity index (χ0n) is 13.1. The SMILES string of the molecule is CC1CCC(C(N)=O)CN1C(=O)c1cc(-c2ccccc2)cs1. The molecule has 0 aliphatic carbocycles. The maximum absolute atomic E-state index is 12.8. The van der Waals surface area contributed by atoms with Crippen LogP contribution in [0.1, 0.15) is 29.4 Å². The van der Waals surface area contributed by atoms with E-state index in [1.807, 2.05) is 48.7 Å². The molecule has 0 spiro atoms. The molecule has 5 heteroatoms. The second-order valence-corrected chi connectivity index (χ2v) is 6.96. The van der Waals surface area contributed by atoms with Crippen LogP contribution in [0.15, 0.2) is 41.8 Å². The van der Waals surface area contributed by atoms with E-state index >= 15 is 0 Å². The third kappa shape index (κ3) is 3.29. The predicted octanol–water partition coefficient (Wildman–Crippen LogP) is 3.14. The van der Waals surface area contributed by atoms with E-state index in [1.165, 1.54) is 11.3 Å². The topological polar surface area (TPSA) is 63.4 Å². The van der Waals surface area contributed by atoms with Crippen LogP contribution in [-0.2, 0) is 4.79 Å². The molecule has 2 N–H and O–H groups in total. The van der Waals surface area contributed by atoms with Crippen molar-refractivity contribution in [3.63, 3.8) is 0 Å². The van der Waals surface area contributed by atoms with E-state index in [0.717, 1.165) is 24.0 Å². The van der Waals surface area contributed by atoms with Gasteiger partial charge in [0.1, 0.15) is 0 Å². The van der Waals surface area contributed by atoms with E-state index in [0.29, 0.717) is 11.4 Å². The normalized spacial score (nSPS) is 21.2. The molecule has 1 fully saturated rings. The Kier molecular flexibility index (Phi) is 4.48. The molecule has 1 saturated heterocycles. The molecule has 120 valence electrons. The minimum absolute atomic E-state index is 0.00405. The van der Waals surface area contributed by atoms with Gasteiger partial charge in [0.15, 0.2) is 0 Å². The largest absolute Gasteiger partial charge is 0.369 e. The molecule has 0 radical (unpaired) electrons. The van der Waals surface area contributed by atoms with Gasteiger partial charge in [0.05, 0.1) is 10.8 Å². The van der Waals surface area contributed by atoms with Crippen molar-refractivity contribution < 1.29 is 9.59 Å². The van der Waals surface area contributed by atoms with Gasteiger partial charge in [0.25, 0.3) is 5.91 Å². The molecular weight excluding hydrogens is 308 g/mol. The number of benzene rings is 1. The lowest BCUT2D eigenvalue weighted by atomic mass is 9.93. The number of carbonyl (C=O) groups is 2. The number of likely N-dealkylation sites (tertiary alicyclic amines) is 1. The number of amides is 2. The Morgan fingerprint density at radius 2 is 1.91 bits per heavy atom. The molecule has 2 amide bonds. The summed E-state index contributed by atoms with van der Waals surface area (Å²) in [5, 5.41) is 2.00. The molecule has 2 heterocycles. The molecule has 1 aliphatic rings. The number of rotatable bonds is 3. The van der Waals surface area contributed by atoms with E-state index < -0.39 is 0 Å². The van der Waals surface area contributed by atoms with Crippen LogP contribution < -0.4 is 5.73 Å². The zero-order chi connectivity index (χ0) is 16.4. The van der Waals surface area contributed by atoms with Crippen LogP contribution in [-0.4, -0.2) is 29.3 Å². The second-order valence-electron chi connectivity index (χ2n) is 6.05. The van der Waals surface area contributed by atoms with Crippen LogP contribution in [0.3, 0.4) is 0 Å². The minimum Gasteiger partial charge on any atom is -0.369 e. The Labute approximate surface area is 139 Å². The van der Waals surface area contributed by atoms with Crippen LogP contribution in [0.25, 0.3) is 11.1 Å². The maximum atomic E-state index is 12.8. The minimum atomic E-state index is -0.314. The highest BCUT2D eigenvalue weighted by atomic mass is 32.1. The number of piperidine rings is 1. The molecular formula is C18H20N2O2S. The molecule has 1 aliphatic heterocycles. The zero-order valence-corrected chi connectivity index (χ0v) is 13.9. The van der Waals surface area contributed by atoms with Crippen LogP contribution in [0.2, 0.25) is 0 Å². The molecule has 2 aromatic rings. The molecule has 4 nitrogen and oxygen atoms in total. The third-order valence-corrected chi connectivity index (χ3v) is 5.38. The summed E-state index contributed by atoms with van der Waals surface area (Å²) in [6.07, 6.45) is 1.58. The number of thiophene rings is 1.